The number of aromatic nitrogens is 1. The monoisotopic (exact) mass is 305 g/mol. The van der Waals surface area contributed by atoms with Crippen molar-refractivity contribution in [1.29, 1.82) is 0 Å². The maximum atomic E-state index is 12.2. The summed E-state index contributed by atoms with van der Waals surface area (Å²) >= 11 is 0. The average Bonchev–Trinajstić information content (AvgIpc) is 2.48. The Morgan fingerprint density at radius 2 is 1.86 bits per heavy atom. The summed E-state index contributed by atoms with van der Waals surface area (Å²) in [4.78, 5) is 3.99. The third kappa shape index (κ3) is 4.63. The van der Waals surface area contributed by atoms with Crippen molar-refractivity contribution in [3.63, 3.8) is 0 Å². The lowest BCUT2D eigenvalue weighted by Crippen LogP contribution is -2.28. The first-order valence-electron chi connectivity index (χ1n) is 6.68. The molecule has 0 saturated heterocycles. The number of hydrogen-bond donors (Lipinski definition) is 2. The first kappa shape index (κ1) is 15.6. The van der Waals surface area contributed by atoms with Gasteiger partial charge in [0.25, 0.3) is 0 Å². The third-order valence-electron chi connectivity index (χ3n) is 3.16. The molecule has 6 heteroatoms. The summed E-state index contributed by atoms with van der Waals surface area (Å²) < 4.78 is 27.0. The van der Waals surface area contributed by atoms with Crippen molar-refractivity contribution in [1.82, 2.24) is 9.71 Å². The molecule has 0 amide bonds. The second kappa shape index (κ2) is 6.80. The van der Waals surface area contributed by atoms with Gasteiger partial charge in [-0.25, -0.2) is 13.1 Å². The second-order valence-electron chi connectivity index (χ2n) is 4.91. The number of nitrogens with zero attached hydrogens (tertiary/aromatic N) is 1. The van der Waals surface area contributed by atoms with E-state index in [1.165, 1.54) is 0 Å². The van der Waals surface area contributed by atoms with Crippen LogP contribution in [-0.4, -0.2) is 13.4 Å². The van der Waals surface area contributed by atoms with Gasteiger partial charge in [0.05, 0.1) is 5.75 Å². The number of sulfonamides is 1. The molecule has 0 aliphatic carbocycles. The number of nitrogens with two attached hydrogens (primary N) is 1. The highest BCUT2D eigenvalue weighted by molar-refractivity contribution is 7.88. The van der Waals surface area contributed by atoms with Gasteiger partial charge in [0.2, 0.25) is 10.0 Å². The first-order chi connectivity index (χ1) is 10.00. The summed E-state index contributed by atoms with van der Waals surface area (Å²) in [6, 6.07) is 10.6. The lowest BCUT2D eigenvalue weighted by Gasteiger charge is -2.14. The van der Waals surface area contributed by atoms with Gasteiger partial charge in [-0.05, 0) is 29.7 Å². The predicted molar refractivity (Wildman–Crippen MR) is 82.7 cm³/mol. The first-order valence-corrected chi connectivity index (χ1v) is 8.33. The van der Waals surface area contributed by atoms with Gasteiger partial charge in [0, 0.05) is 25.0 Å². The topological polar surface area (TPSA) is 85.1 Å². The van der Waals surface area contributed by atoms with Gasteiger partial charge in [-0.3, -0.25) is 4.98 Å². The summed E-state index contributed by atoms with van der Waals surface area (Å²) in [5.74, 6) is -0.0531. The van der Waals surface area contributed by atoms with Crippen LogP contribution in [0.5, 0.6) is 0 Å². The summed E-state index contributed by atoms with van der Waals surface area (Å²) in [5, 5.41) is 0. The molecule has 0 aliphatic heterocycles. The van der Waals surface area contributed by atoms with E-state index >= 15 is 0 Å². The Kier molecular flexibility index (Phi) is 5.06. The van der Waals surface area contributed by atoms with Gasteiger partial charge >= 0.3 is 0 Å². The van der Waals surface area contributed by atoms with Crippen molar-refractivity contribution in [3.05, 3.63) is 65.5 Å². The summed E-state index contributed by atoms with van der Waals surface area (Å²) in [6.07, 6.45) is 3.31. The fraction of sp³-hybridized carbons (Fsp3) is 0.267. The molecule has 112 valence electrons. The molecule has 5 nitrogen and oxygen atoms in total. The summed E-state index contributed by atoms with van der Waals surface area (Å²) in [6.45, 7) is 2.25. The van der Waals surface area contributed by atoms with Crippen molar-refractivity contribution in [2.24, 2.45) is 5.73 Å². The van der Waals surface area contributed by atoms with Crippen LogP contribution in [0.25, 0.3) is 0 Å². The molecule has 1 unspecified atom stereocenters. The van der Waals surface area contributed by atoms with Crippen LogP contribution < -0.4 is 10.5 Å². The van der Waals surface area contributed by atoms with Crippen LogP contribution >= 0.6 is 0 Å². The number of pyridine rings is 1. The second-order valence-corrected chi connectivity index (χ2v) is 6.66. The van der Waals surface area contributed by atoms with Crippen LogP contribution in [0.1, 0.15) is 29.7 Å². The van der Waals surface area contributed by atoms with E-state index in [4.69, 9.17) is 5.73 Å². The van der Waals surface area contributed by atoms with E-state index in [-0.39, 0.29) is 11.8 Å². The van der Waals surface area contributed by atoms with Crippen LogP contribution in [0.2, 0.25) is 0 Å². The van der Waals surface area contributed by atoms with Gasteiger partial charge in [-0.1, -0.05) is 30.3 Å². The van der Waals surface area contributed by atoms with E-state index in [0.717, 1.165) is 16.7 Å². The Bertz CT molecular complexity index is 670. The standard InChI is InChI=1S/C15H19N3O2S/c1-12(15-3-2-8-17-10-15)18-21(19,20)11-14-6-4-13(9-16)5-7-14/h2-8,10,12,18H,9,11,16H2,1H3. The Morgan fingerprint density at radius 3 is 2.43 bits per heavy atom. The fourth-order valence-electron chi connectivity index (χ4n) is 2.00. The van der Waals surface area contributed by atoms with Gasteiger partial charge < -0.3 is 5.73 Å². The Morgan fingerprint density at radius 1 is 1.19 bits per heavy atom. The molecule has 2 rings (SSSR count). The van der Waals surface area contributed by atoms with Crippen molar-refractivity contribution < 1.29 is 8.42 Å². The van der Waals surface area contributed by atoms with Crippen molar-refractivity contribution in [2.45, 2.75) is 25.3 Å². The molecule has 0 fully saturated rings. The van der Waals surface area contributed by atoms with E-state index in [2.05, 4.69) is 9.71 Å². The van der Waals surface area contributed by atoms with Gasteiger partial charge in [0.1, 0.15) is 0 Å². The van der Waals surface area contributed by atoms with Gasteiger partial charge in [-0.2, -0.15) is 0 Å². The van der Waals surface area contributed by atoms with Crippen LogP contribution in [0, 0.1) is 0 Å². The summed E-state index contributed by atoms with van der Waals surface area (Å²) in [7, 11) is -3.41. The Balaban J connectivity index is 2.04. The summed E-state index contributed by atoms with van der Waals surface area (Å²) in [5.41, 5.74) is 8.07. The van der Waals surface area contributed by atoms with Crippen LogP contribution in [0.4, 0.5) is 0 Å². The molecule has 1 aromatic heterocycles. The minimum atomic E-state index is -3.41. The van der Waals surface area contributed by atoms with E-state index in [1.807, 2.05) is 18.2 Å². The minimum Gasteiger partial charge on any atom is -0.326 e. The van der Waals surface area contributed by atoms with E-state index in [0.29, 0.717) is 6.54 Å². The molecule has 1 aromatic carbocycles. The zero-order valence-electron chi connectivity index (χ0n) is 11.9. The highest BCUT2D eigenvalue weighted by Crippen LogP contribution is 2.14. The zero-order chi connectivity index (χ0) is 15.3. The molecular formula is C15H19N3O2S. The highest BCUT2D eigenvalue weighted by Gasteiger charge is 2.16. The molecule has 1 atom stereocenters. The van der Waals surface area contributed by atoms with Crippen LogP contribution in [0.3, 0.4) is 0 Å². The molecule has 2 aromatic rings. The lowest BCUT2D eigenvalue weighted by atomic mass is 10.1. The quantitative estimate of drug-likeness (QED) is 0.851. The molecule has 3 N–H and O–H groups in total. The van der Waals surface area contributed by atoms with Crippen molar-refractivity contribution >= 4 is 10.0 Å². The van der Waals surface area contributed by atoms with Crippen molar-refractivity contribution in [2.75, 3.05) is 0 Å². The molecular weight excluding hydrogens is 286 g/mol. The maximum absolute atomic E-state index is 12.2. The number of rotatable bonds is 6. The minimum absolute atomic E-state index is 0.0531. The normalized spacial score (nSPS) is 13.0. The van der Waals surface area contributed by atoms with E-state index in [1.54, 1.807) is 37.5 Å². The molecule has 0 radical (unpaired) electrons. The molecule has 0 spiro atoms. The fourth-order valence-corrected chi connectivity index (χ4v) is 3.39. The van der Waals surface area contributed by atoms with Gasteiger partial charge in [-0.15, -0.1) is 0 Å². The molecule has 1 heterocycles. The molecule has 21 heavy (non-hydrogen) atoms. The van der Waals surface area contributed by atoms with Crippen LogP contribution in [-0.2, 0) is 22.3 Å². The largest absolute Gasteiger partial charge is 0.326 e. The SMILES string of the molecule is CC(NS(=O)(=O)Cc1ccc(CN)cc1)c1cccnc1. The Labute approximate surface area is 125 Å². The number of benzene rings is 1. The van der Waals surface area contributed by atoms with E-state index in [9.17, 15) is 8.42 Å². The number of hydrogen-bond acceptors (Lipinski definition) is 4. The maximum Gasteiger partial charge on any atom is 0.216 e. The molecule has 0 saturated carbocycles. The van der Waals surface area contributed by atoms with Crippen LogP contribution in [0.15, 0.2) is 48.8 Å². The van der Waals surface area contributed by atoms with Crippen molar-refractivity contribution in [3.8, 4) is 0 Å². The highest BCUT2D eigenvalue weighted by atomic mass is 32.2. The van der Waals surface area contributed by atoms with Gasteiger partial charge in [0.15, 0.2) is 0 Å². The zero-order valence-corrected chi connectivity index (χ0v) is 12.7. The predicted octanol–water partition coefficient (Wildman–Crippen LogP) is 1.72. The smallest absolute Gasteiger partial charge is 0.216 e. The molecule has 0 aliphatic rings. The van der Waals surface area contributed by atoms with E-state index < -0.39 is 10.0 Å². The third-order valence-corrected chi connectivity index (χ3v) is 4.58. The average molecular weight is 305 g/mol. The lowest BCUT2D eigenvalue weighted by molar-refractivity contribution is 0.565. The molecule has 0 bridgehead atoms. The Hall–Kier alpha value is -1.76. The number of nitrogens with one attached hydrogen (secondary N) is 1.